The first-order valence-electron chi connectivity index (χ1n) is 5.92. The lowest BCUT2D eigenvalue weighted by molar-refractivity contribution is -0.136. The summed E-state index contributed by atoms with van der Waals surface area (Å²) < 4.78 is 18.5. The summed E-state index contributed by atoms with van der Waals surface area (Å²) in [6.45, 7) is 0.200. The molecule has 1 N–H and O–H groups in total. The number of carbonyl (C=O) groups is 1. The Morgan fingerprint density at radius 3 is 2.55 bits per heavy atom. The molecule has 3 nitrogen and oxygen atoms in total. The molecule has 0 aromatic heterocycles. The van der Waals surface area contributed by atoms with Crippen molar-refractivity contribution in [1.82, 2.24) is 0 Å². The van der Waals surface area contributed by atoms with Crippen LogP contribution in [0.2, 0.25) is 5.02 Å². The highest BCUT2D eigenvalue weighted by molar-refractivity contribution is 6.30. The summed E-state index contributed by atoms with van der Waals surface area (Å²) in [5.41, 5.74) is 1.46. The summed E-state index contributed by atoms with van der Waals surface area (Å²) in [4.78, 5) is 10.8. The lowest BCUT2D eigenvalue weighted by Crippen LogP contribution is -2.05. The van der Waals surface area contributed by atoms with E-state index in [1.54, 1.807) is 18.2 Å². The standard InChI is InChI=1S/C15H12ClFO3/c16-13-8-12(5-6-14(13)17)20-9-11-4-2-1-3-10(11)7-15(18)19/h1-6,8H,7,9H2,(H,18,19). The van der Waals surface area contributed by atoms with Crippen molar-refractivity contribution in [2.24, 2.45) is 0 Å². The van der Waals surface area contributed by atoms with E-state index in [2.05, 4.69) is 0 Å². The second-order valence-electron chi connectivity index (χ2n) is 4.20. The molecule has 0 aliphatic rings. The van der Waals surface area contributed by atoms with E-state index in [1.807, 2.05) is 6.07 Å². The van der Waals surface area contributed by atoms with E-state index in [0.29, 0.717) is 11.3 Å². The molecular weight excluding hydrogens is 283 g/mol. The van der Waals surface area contributed by atoms with Crippen molar-refractivity contribution in [1.29, 1.82) is 0 Å². The van der Waals surface area contributed by atoms with Crippen LogP contribution in [0.25, 0.3) is 0 Å². The van der Waals surface area contributed by atoms with Crippen LogP contribution < -0.4 is 4.74 Å². The molecule has 0 saturated carbocycles. The highest BCUT2D eigenvalue weighted by Crippen LogP contribution is 2.22. The van der Waals surface area contributed by atoms with E-state index < -0.39 is 11.8 Å². The Balaban J connectivity index is 2.10. The zero-order valence-electron chi connectivity index (χ0n) is 10.5. The van der Waals surface area contributed by atoms with Crippen molar-refractivity contribution in [2.75, 3.05) is 0 Å². The molecule has 104 valence electrons. The normalized spacial score (nSPS) is 10.3. The summed E-state index contributed by atoms with van der Waals surface area (Å²) in [5.74, 6) is -0.978. The molecule has 0 saturated heterocycles. The Hall–Kier alpha value is -2.07. The van der Waals surface area contributed by atoms with Gasteiger partial charge in [-0.15, -0.1) is 0 Å². The third-order valence-electron chi connectivity index (χ3n) is 2.75. The van der Waals surface area contributed by atoms with Crippen LogP contribution in [0, 0.1) is 5.82 Å². The lowest BCUT2D eigenvalue weighted by atomic mass is 10.1. The van der Waals surface area contributed by atoms with E-state index >= 15 is 0 Å². The van der Waals surface area contributed by atoms with Crippen LogP contribution in [0.3, 0.4) is 0 Å². The topological polar surface area (TPSA) is 46.5 Å². The predicted octanol–water partition coefficient (Wildman–Crippen LogP) is 3.69. The van der Waals surface area contributed by atoms with Crippen LogP contribution in [0.1, 0.15) is 11.1 Å². The maximum Gasteiger partial charge on any atom is 0.307 e. The second kappa shape index (κ2) is 6.39. The maximum absolute atomic E-state index is 13.0. The van der Waals surface area contributed by atoms with Gasteiger partial charge < -0.3 is 9.84 Å². The molecule has 0 radical (unpaired) electrons. The molecule has 0 spiro atoms. The quantitative estimate of drug-likeness (QED) is 0.915. The third-order valence-corrected chi connectivity index (χ3v) is 3.04. The van der Waals surface area contributed by atoms with E-state index in [1.165, 1.54) is 18.2 Å². The highest BCUT2D eigenvalue weighted by Gasteiger charge is 2.07. The Labute approximate surface area is 120 Å². The van der Waals surface area contributed by atoms with Gasteiger partial charge in [-0.3, -0.25) is 4.79 Å². The van der Waals surface area contributed by atoms with Crippen LogP contribution in [0.5, 0.6) is 5.75 Å². The summed E-state index contributed by atoms with van der Waals surface area (Å²) in [7, 11) is 0. The minimum absolute atomic E-state index is 0.0127. The van der Waals surface area contributed by atoms with Crippen molar-refractivity contribution >= 4 is 17.6 Å². The number of benzene rings is 2. The SMILES string of the molecule is O=C(O)Cc1ccccc1COc1ccc(F)c(Cl)c1. The Bertz CT molecular complexity index is 628. The Morgan fingerprint density at radius 2 is 1.90 bits per heavy atom. The highest BCUT2D eigenvalue weighted by atomic mass is 35.5. The zero-order valence-corrected chi connectivity index (χ0v) is 11.2. The lowest BCUT2D eigenvalue weighted by Gasteiger charge is -2.10. The summed E-state index contributed by atoms with van der Waals surface area (Å²) >= 11 is 5.66. The number of carboxylic acid groups (broad SMARTS) is 1. The number of halogens is 2. The minimum atomic E-state index is -0.901. The predicted molar refractivity (Wildman–Crippen MR) is 73.5 cm³/mol. The largest absolute Gasteiger partial charge is 0.489 e. The summed E-state index contributed by atoms with van der Waals surface area (Å²) in [6.07, 6.45) is -0.0658. The summed E-state index contributed by atoms with van der Waals surface area (Å²) in [5, 5.41) is 8.83. The smallest absolute Gasteiger partial charge is 0.307 e. The molecule has 2 aromatic rings. The average molecular weight is 295 g/mol. The molecule has 0 atom stereocenters. The number of hydrogen-bond donors (Lipinski definition) is 1. The van der Waals surface area contributed by atoms with Gasteiger partial charge in [0.15, 0.2) is 0 Å². The monoisotopic (exact) mass is 294 g/mol. The summed E-state index contributed by atoms with van der Waals surface area (Å²) in [6, 6.07) is 11.2. The number of rotatable bonds is 5. The van der Waals surface area contributed by atoms with Crippen LogP contribution in [-0.2, 0) is 17.8 Å². The number of carboxylic acids is 1. The van der Waals surface area contributed by atoms with Crippen LogP contribution >= 0.6 is 11.6 Å². The second-order valence-corrected chi connectivity index (χ2v) is 4.61. The van der Waals surface area contributed by atoms with Gasteiger partial charge in [-0.25, -0.2) is 4.39 Å². The Morgan fingerprint density at radius 1 is 1.20 bits per heavy atom. The van der Waals surface area contributed by atoms with Gasteiger partial charge in [-0.05, 0) is 23.3 Å². The van der Waals surface area contributed by atoms with E-state index in [0.717, 1.165) is 5.56 Å². The van der Waals surface area contributed by atoms with Gasteiger partial charge >= 0.3 is 5.97 Å². The first-order chi connectivity index (χ1) is 9.56. The van der Waals surface area contributed by atoms with Crippen molar-refractivity contribution in [3.05, 3.63) is 64.4 Å². The zero-order chi connectivity index (χ0) is 14.5. The van der Waals surface area contributed by atoms with Gasteiger partial charge in [-0.1, -0.05) is 35.9 Å². The van der Waals surface area contributed by atoms with Crippen molar-refractivity contribution < 1.29 is 19.0 Å². The van der Waals surface area contributed by atoms with E-state index in [9.17, 15) is 9.18 Å². The number of aliphatic carboxylic acids is 1. The molecule has 0 amide bonds. The fraction of sp³-hybridized carbons (Fsp3) is 0.133. The first kappa shape index (κ1) is 14.3. The molecule has 0 unspecified atom stereocenters. The minimum Gasteiger partial charge on any atom is -0.489 e. The van der Waals surface area contributed by atoms with Gasteiger partial charge in [0.25, 0.3) is 0 Å². The molecule has 2 aromatic carbocycles. The van der Waals surface area contributed by atoms with Crippen LogP contribution in [0.15, 0.2) is 42.5 Å². The van der Waals surface area contributed by atoms with Crippen molar-refractivity contribution in [3.63, 3.8) is 0 Å². The van der Waals surface area contributed by atoms with E-state index in [-0.39, 0.29) is 18.1 Å². The Kier molecular flexibility index (Phi) is 4.58. The molecule has 5 heteroatoms. The fourth-order valence-corrected chi connectivity index (χ4v) is 1.93. The van der Waals surface area contributed by atoms with Gasteiger partial charge in [-0.2, -0.15) is 0 Å². The van der Waals surface area contributed by atoms with Crippen molar-refractivity contribution in [2.45, 2.75) is 13.0 Å². The van der Waals surface area contributed by atoms with E-state index in [4.69, 9.17) is 21.4 Å². The molecular formula is C15H12ClFO3. The molecule has 0 aliphatic heterocycles. The van der Waals surface area contributed by atoms with Crippen molar-refractivity contribution in [3.8, 4) is 5.75 Å². The fourth-order valence-electron chi connectivity index (χ4n) is 1.76. The molecule has 0 fully saturated rings. The molecule has 20 heavy (non-hydrogen) atoms. The van der Waals surface area contributed by atoms with Crippen LogP contribution in [0.4, 0.5) is 4.39 Å². The third kappa shape index (κ3) is 3.71. The number of ether oxygens (including phenoxy) is 1. The first-order valence-corrected chi connectivity index (χ1v) is 6.30. The molecule has 0 heterocycles. The van der Waals surface area contributed by atoms with Gasteiger partial charge in [0.2, 0.25) is 0 Å². The van der Waals surface area contributed by atoms with Gasteiger partial charge in [0, 0.05) is 6.07 Å². The van der Waals surface area contributed by atoms with Gasteiger partial charge in [0.05, 0.1) is 11.4 Å². The molecule has 0 bridgehead atoms. The molecule has 2 rings (SSSR count). The maximum atomic E-state index is 13.0. The number of hydrogen-bond acceptors (Lipinski definition) is 2. The average Bonchev–Trinajstić information content (AvgIpc) is 2.41. The van der Waals surface area contributed by atoms with Crippen LogP contribution in [-0.4, -0.2) is 11.1 Å². The van der Waals surface area contributed by atoms with Gasteiger partial charge in [0.1, 0.15) is 18.2 Å². The molecule has 0 aliphatic carbocycles.